The number of hydrogen-bond acceptors (Lipinski definition) is 4. The summed E-state index contributed by atoms with van der Waals surface area (Å²) in [7, 11) is 0. The van der Waals surface area contributed by atoms with E-state index in [4.69, 9.17) is 9.47 Å². The number of amides is 1. The van der Waals surface area contributed by atoms with Gasteiger partial charge in [-0.1, -0.05) is 30.3 Å². The molecule has 1 aromatic heterocycles. The average molecular weight is 452 g/mol. The van der Waals surface area contributed by atoms with E-state index in [1.54, 1.807) is 16.8 Å². The summed E-state index contributed by atoms with van der Waals surface area (Å²) in [6.45, 7) is 4.24. The Balaban J connectivity index is 1.39. The molecule has 7 heteroatoms. The second-order valence-corrected chi connectivity index (χ2v) is 8.40. The minimum atomic E-state index is -0.217. The van der Waals surface area contributed by atoms with Crippen molar-refractivity contribution in [1.82, 2.24) is 14.7 Å². The molecule has 4 rings (SSSR count). The molecular weight excluding hydrogens is 421 g/mol. The van der Waals surface area contributed by atoms with Crippen molar-refractivity contribution in [3.05, 3.63) is 83.4 Å². The van der Waals surface area contributed by atoms with Crippen molar-refractivity contribution >= 4 is 5.91 Å². The molecule has 0 saturated carbocycles. The topological polar surface area (TPSA) is 56.6 Å². The van der Waals surface area contributed by atoms with Gasteiger partial charge >= 0.3 is 0 Å². The molecule has 1 aliphatic heterocycles. The summed E-state index contributed by atoms with van der Waals surface area (Å²) in [5.74, 6) is 0.487. The van der Waals surface area contributed by atoms with Crippen LogP contribution in [-0.2, 0) is 29.0 Å². The molecule has 1 unspecified atom stereocenters. The molecule has 0 bridgehead atoms. The average Bonchev–Trinajstić information content (AvgIpc) is 3.46. The zero-order valence-electron chi connectivity index (χ0n) is 19.0. The van der Waals surface area contributed by atoms with Crippen LogP contribution in [0.15, 0.2) is 60.8 Å². The zero-order valence-corrected chi connectivity index (χ0v) is 19.0. The van der Waals surface area contributed by atoms with Gasteiger partial charge in [0.15, 0.2) is 0 Å². The minimum Gasteiger partial charge on any atom is -0.493 e. The molecule has 1 fully saturated rings. The number of halogens is 1. The van der Waals surface area contributed by atoms with Crippen molar-refractivity contribution in [1.29, 1.82) is 0 Å². The minimum absolute atomic E-state index is 0.000487. The van der Waals surface area contributed by atoms with E-state index in [1.807, 2.05) is 54.4 Å². The lowest BCUT2D eigenvalue weighted by Crippen LogP contribution is -2.39. The van der Waals surface area contributed by atoms with Crippen molar-refractivity contribution in [2.24, 2.45) is 0 Å². The molecule has 1 atom stereocenters. The third-order valence-electron chi connectivity index (χ3n) is 5.74. The zero-order chi connectivity index (χ0) is 23.0. The number of carbonyl (C=O) groups excluding carboxylic acids is 1. The van der Waals surface area contributed by atoms with Gasteiger partial charge in [0, 0.05) is 32.3 Å². The number of aryl methyl sites for hydroxylation is 1. The quantitative estimate of drug-likeness (QED) is 0.465. The molecule has 6 nitrogen and oxygen atoms in total. The van der Waals surface area contributed by atoms with Crippen LogP contribution in [0.5, 0.6) is 5.75 Å². The number of aromatic nitrogens is 2. The third-order valence-corrected chi connectivity index (χ3v) is 5.74. The van der Waals surface area contributed by atoms with Crippen LogP contribution in [0.4, 0.5) is 4.39 Å². The number of carbonyl (C=O) groups is 1. The van der Waals surface area contributed by atoms with Crippen molar-refractivity contribution in [2.45, 2.75) is 45.4 Å². The Morgan fingerprint density at radius 3 is 2.88 bits per heavy atom. The first kappa shape index (κ1) is 23.0. The van der Waals surface area contributed by atoms with Gasteiger partial charge in [0.1, 0.15) is 18.1 Å². The Kier molecular flexibility index (Phi) is 7.73. The summed E-state index contributed by atoms with van der Waals surface area (Å²) in [6, 6.07) is 16.3. The highest BCUT2D eigenvalue weighted by Crippen LogP contribution is 2.19. The highest BCUT2D eigenvalue weighted by Gasteiger charge is 2.23. The van der Waals surface area contributed by atoms with Gasteiger partial charge in [-0.25, -0.2) is 4.39 Å². The highest BCUT2D eigenvalue weighted by molar-refractivity contribution is 5.76. The first-order valence-electron chi connectivity index (χ1n) is 11.4. The molecule has 0 spiro atoms. The van der Waals surface area contributed by atoms with Gasteiger partial charge in [-0.2, -0.15) is 5.10 Å². The van der Waals surface area contributed by atoms with Crippen molar-refractivity contribution in [2.75, 3.05) is 19.8 Å². The van der Waals surface area contributed by atoms with Crippen LogP contribution in [0.25, 0.3) is 0 Å². The van der Waals surface area contributed by atoms with Crippen LogP contribution >= 0.6 is 0 Å². The van der Waals surface area contributed by atoms with Crippen molar-refractivity contribution in [3.63, 3.8) is 0 Å². The standard InChI is InChI=1S/C26H30FN3O3/c1-20-11-13-30(28-20)19-26(31)29(18-24-9-5-14-32-24)17-21-6-4-8-23(16-21)33-15-12-22-7-2-3-10-25(22)27/h2-4,6-8,10-11,13,16,24H,5,9,12,14-15,17-19H2,1H3. The lowest BCUT2D eigenvalue weighted by Gasteiger charge is -2.26. The van der Waals surface area contributed by atoms with E-state index in [-0.39, 0.29) is 24.4 Å². The second kappa shape index (κ2) is 11.1. The molecule has 3 aromatic rings. The van der Waals surface area contributed by atoms with Gasteiger partial charge in [0.05, 0.1) is 18.4 Å². The van der Waals surface area contributed by atoms with Gasteiger partial charge < -0.3 is 14.4 Å². The molecule has 1 amide bonds. The SMILES string of the molecule is Cc1ccn(CC(=O)N(Cc2cccc(OCCc3ccccc3F)c2)CC2CCCO2)n1. The van der Waals surface area contributed by atoms with Gasteiger partial charge in [0.25, 0.3) is 0 Å². The van der Waals surface area contributed by atoms with Gasteiger partial charge in [-0.05, 0) is 55.2 Å². The highest BCUT2D eigenvalue weighted by atomic mass is 19.1. The number of hydrogen-bond donors (Lipinski definition) is 0. The van der Waals surface area contributed by atoms with Crippen LogP contribution < -0.4 is 4.74 Å². The van der Waals surface area contributed by atoms with Crippen LogP contribution in [0.2, 0.25) is 0 Å². The summed E-state index contributed by atoms with van der Waals surface area (Å²) in [4.78, 5) is 14.9. The second-order valence-electron chi connectivity index (χ2n) is 8.40. The first-order valence-corrected chi connectivity index (χ1v) is 11.4. The predicted molar refractivity (Wildman–Crippen MR) is 123 cm³/mol. The number of benzene rings is 2. The number of rotatable bonds is 10. The fourth-order valence-electron chi connectivity index (χ4n) is 4.01. The molecule has 1 aliphatic rings. The predicted octanol–water partition coefficient (Wildman–Crippen LogP) is 4.16. The monoisotopic (exact) mass is 451 g/mol. The summed E-state index contributed by atoms with van der Waals surface area (Å²) in [6.07, 6.45) is 4.36. The van der Waals surface area contributed by atoms with Crippen molar-refractivity contribution in [3.8, 4) is 5.75 Å². The first-order chi connectivity index (χ1) is 16.1. The fourth-order valence-corrected chi connectivity index (χ4v) is 4.01. The van der Waals surface area contributed by atoms with Gasteiger partial charge in [-0.15, -0.1) is 0 Å². The van der Waals surface area contributed by atoms with E-state index in [2.05, 4.69) is 5.10 Å². The molecule has 174 valence electrons. The fraction of sp³-hybridized carbons (Fsp3) is 0.385. The van der Waals surface area contributed by atoms with Gasteiger partial charge in [-0.3, -0.25) is 9.48 Å². The smallest absolute Gasteiger partial charge is 0.244 e. The largest absolute Gasteiger partial charge is 0.493 e. The van der Waals surface area contributed by atoms with E-state index in [9.17, 15) is 9.18 Å². The van der Waals surface area contributed by atoms with E-state index in [0.29, 0.717) is 37.4 Å². The lowest BCUT2D eigenvalue weighted by atomic mass is 10.1. The van der Waals surface area contributed by atoms with E-state index in [1.165, 1.54) is 6.07 Å². The molecule has 2 heterocycles. The molecule has 0 N–H and O–H groups in total. The molecular formula is C26H30FN3O3. The number of ether oxygens (including phenoxy) is 2. The maximum absolute atomic E-state index is 13.8. The Hall–Kier alpha value is -3.19. The molecule has 0 aliphatic carbocycles. The third kappa shape index (κ3) is 6.65. The summed E-state index contributed by atoms with van der Waals surface area (Å²) >= 11 is 0. The summed E-state index contributed by atoms with van der Waals surface area (Å²) in [5.41, 5.74) is 2.49. The Labute approximate surface area is 193 Å². The van der Waals surface area contributed by atoms with Crippen LogP contribution in [-0.4, -0.2) is 46.5 Å². The Bertz CT molecular complexity index is 1060. The molecule has 33 heavy (non-hydrogen) atoms. The maximum Gasteiger partial charge on any atom is 0.244 e. The van der Waals surface area contributed by atoms with Crippen LogP contribution in [0, 0.1) is 12.7 Å². The lowest BCUT2D eigenvalue weighted by molar-refractivity contribution is -0.134. The van der Waals surface area contributed by atoms with Crippen LogP contribution in [0.1, 0.15) is 29.7 Å². The van der Waals surface area contributed by atoms with E-state index >= 15 is 0 Å². The Morgan fingerprint density at radius 2 is 2.12 bits per heavy atom. The summed E-state index contributed by atoms with van der Waals surface area (Å²) in [5, 5.41) is 4.34. The number of nitrogens with zero attached hydrogens (tertiary/aromatic N) is 3. The summed E-state index contributed by atoms with van der Waals surface area (Å²) < 4.78 is 27.1. The van der Waals surface area contributed by atoms with Gasteiger partial charge in [0.2, 0.25) is 5.91 Å². The maximum atomic E-state index is 13.8. The molecule has 0 radical (unpaired) electrons. The normalized spacial score (nSPS) is 15.5. The van der Waals surface area contributed by atoms with E-state index in [0.717, 1.165) is 30.7 Å². The van der Waals surface area contributed by atoms with E-state index < -0.39 is 0 Å². The molecule has 2 aromatic carbocycles. The Morgan fingerprint density at radius 1 is 1.24 bits per heavy atom. The molecule has 1 saturated heterocycles. The van der Waals surface area contributed by atoms with Crippen molar-refractivity contribution < 1.29 is 18.7 Å². The van der Waals surface area contributed by atoms with Crippen LogP contribution in [0.3, 0.4) is 0 Å².